The predicted octanol–water partition coefficient (Wildman–Crippen LogP) is 0.155. The molecule has 0 N–H and O–H groups in total. The number of hydrogen-bond acceptors (Lipinski definition) is 3. The molecule has 0 atom stereocenters. The summed E-state index contributed by atoms with van der Waals surface area (Å²) in [6.07, 6.45) is 0.149. The Morgan fingerprint density at radius 1 is 1.75 bits per heavy atom. The Morgan fingerprint density at radius 3 is 3.00 bits per heavy atom. The van der Waals surface area contributed by atoms with Gasteiger partial charge >= 0.3 is 0 Å². The van der Waals surface area contributed by atoms with Crippen molar-refractivity contribution < 1.29 is 0 Å². The largest absolute Gasteiger partial charge is 0.270 e. The van der Waals surface area contributed by atoms with Crippen LogP contribution in [-0.4, -0.2) is 9.78 Å². The second kappa shape index (κ2) is 3.18. The van der Waals surface area contributed by atoms with E-state index in [2.05, 4.69) is 5.10 Å². The van der Waals surface area contributed by atoms with Crippen molar-refractivity contribution in [2.45, 2.75) is 13.3 Å². The summed E-state index contributed by atoms with van der Waals surface area (Å²) in [5.41, 5.74) is 1.07. The molecule has 4 heteroatoms. The SMILES string of the molecule is Cc1cc(CC#N)c(=O)n(C)n1. The van der Waals surface area contributed by atoms with Gasteiger partial charge in [-0.1, -0.05) is 0 Å². The minimum Gasteiger partial charge on any atom is -0.267 e. The van der Waals surface area contributed by atoms with E-state index in [9.17, 15) is 4.79 Å². The second-order valence-corrected chi connectivity index (χ2v) is 2.57. The summed E-state index contributed by atoms with van der Waals surface area (Å²) in [4.78, 5) is 11.3. The first-order valence-corrected chi connectivity index (χ1v) is 3.56. The maximum atomic E-state index is 11.3. The van der Waals surface area contributed by atoms with Crippen LogP contribution in [0, 0.1) is 18.3 Å². The molecule has 4 nitrogen and oxygen atoms in total. The lowest BCUT2D eigenvalue weighted by Crippen LogP contribution is -2.23. The molecule has 1 aromatic rings. The molecule has 1 aromatic heterocycles. The third kappa shape index (κ3) is 1.51. The zero-order valence-electron chi connectivity index (χ0n) is 7.03. The van der Waals surface area contributed by atoms with E-state index in [0.717, 1.165) is 5.69 Å². The quantitative estimate of drug-likeness (QED) is 0.592. The monoisotopic (exact) mass is 163 g/mol. The van der Waals surface area contributed by atoms with Crippen molar-refractivity contribution in [1.29, 1.82) is 5.26 Å². The Hall–Kier alpha value is -1.63. The summed E-state index contributed by atoms with van der Waals surface area (Å²) >= 11 is 0. The van der Waals surface area contributed by atoms with Gasteiger partial charge in [0.15, 0.2) is 0 Å². The topological polar surface area (TPSA) is 58.7 Å². The number of nitrogens with zero attached hydrogens (tertiary/aromatic N) is 3. The van der Waals surface area contributed by atoms with Gasteiger partial charge < -0.3 is 0 Å². The molecule has 12 heavy (non-hydrogen) atoms. The van der Waals surface area contributed by atoms with Crippen LogP contribution < -0.4 is 5.56 Å². The maximum absolute atomic E-state index is 11.3. The van der Waals surface area contributed by atoms with Crippen molar-refractivity contribution in [3.8, 4) is 6.07 Å². The van der Waals surface area contributed by atoms with Gasteiger partial charge in [0.25, 0.3) is 5.56 Å². The molecule has 0 saturated carbocycles. The number of hydrogen-bond donors (Lipinski definition) is 0. The molecule has 0 unspecified atom stereocenters. The summed E-state index contributed by atoms with van der Waals surface area (Å²) in [6.45, 7) is 1.79. The Labute approximate surface area is 70.1 Å². The third-order valence-electron chi connectivity index (χ3n) is 1.53. The van der Waals surface area contributed by atoms with Crippen LogP contribution in [0.1, 0.15) is 11.3 Å². The summed E-state index contributed by atoms with van der Waals surface area (Å²) in [5, 5.41) is 12.3. The van der Waals surface area contributed by atoms with Crippen molar-refractivity contribution in [1.82, 2.24) is 9.78 Å². The van der Waals surface area contributed by atoms with Gasteiger partial charge in [0.2, 0.25) is 0 Å². The number of aryl methyl sites for hydroxylation is 2. The van der Waals surface area contributed by atoms with Crippen LogP contribution in [0.2, 0.25) is 0 Å². The van der Waals surface area contributed by atoms with Crippen LogP contribution in [0.4, 0.5) is 0 Å². The molecule has 1 rings (SSSR count). The highest BCUT2D eigenvalue weighted by molar-refractivity contribution is 5.15. The van der Waals surface area contributed by atoms with Gasteiger partial charge in [0.05, 0.1) is 18.2 Å². The molecular formula is C8H9N3O. The number of nitriles is 1. The Balaban J connectivity index is 3.30. The fraction of sp³-hybridized carbons (Fsp3) is 0.375. The van der Waals surface area contributed by atoms with Gasteiger partial charge in [0.1, 0.15) is 0 Å². The van der Waals surface area contributed by atoms with Gasteiger partial charge in [-0.3, -0.25) is 4.79 Å². The maximum Gasteiger partial charge on any atom is 0.270 e. The first kappa shape index (κ1) is 8.47. The standard InChI is InChI=1S/C8H9N3O/c1-6-5-7(3-4-9)8(12)11(2)10-6/h5H,3H2,1-2H3. The van der Waals surface area contributed by atoms with Crippen molar-refractivity contribution in [2.24, 2.45) is 7.05 Å². The Kier molecular flexibility index (Phi) is 2.24. The fourth-order valence-electron chi connectivity index (χ4n) is 1.04. The smallest absolute Gasteiger partial charge is 0.267 e. The van der Waals surface area contributed by atoms with Gasteiger partial charge in [0, 0.05) is 12.6 Å². The summed E-state index contributed by atoms with van der Waals surface area (Å²) < 4.78 is 1.25. The van der Waals surface area contributed by atoms with Gasteiger partial charge in [-0.15, -0.1) is 0 Å². The molecule has 0 aromatic carbocycles. The Morgan fingerprint density at radius 2 is 2.42 bits per heavy atom. The molecule has 0 aliphatic heterocycles. The highest BCUT2D eigenvalue weighted by atomic mass is 16.1. The zero-order valence-corrected chi connectivity index (χ0v) is 7.03. The molecule has 1 heterocycles. The van der Waals surface area contributed by atoms with Crippen molar-refractivity contribution in [3.05, 3.63) is 27.7 Å². The molecule has 0 radical (unpaired) electrons. The minimum absolute atomic E-state index is 0.149. The summed E-state index contributed by atoms with van der Waals surface area (Å²) in [7, 11) is 1.58. The number of aromatic nitrogens is 2. The predicted molar refractivity (Wildman–Crippen MR) is 43.5 cm³/mol. The second-order valence-electron chi connectivity index (χ2n) is 2.57. The molecule has 0 aliphatic rings. The van der Waals surface area contributed by atoms with Crippen molar-refractivity contribution in [2.75, 3.05) is 0 Å². The lowest BCUT2D eigenvalue weighted by molar-refractivity contribution is 0.683. The van der Waals surface area contributed by atoms with Gasteiger partial charge in [-0.25, -0.2) is 4.68 Å². The molecule has 0 amide bonds. The first-order valence-electron chi connectivity index (χ1n) is 3.56. The van der Waals surface area contributed by atoms with Crippen LogP contribution in [0.25, 0.3) is 0 Å². The highest BCUT2D eigenvalue weighted by Gasteiger charge is 2.02. The summed E-state index contributed by atoms with van der Waals surface area (Å²) in [6, 6.07) is 3.58. The lowest BCUT2D eigenvalue weighted by Gasteiger charge is -2.00. The van der Waals surface area contributed by atoms with Crippen LogP contribution >= 0.6 is 0 Å². The van der Waals surface area contributed by atoms with Crippen molar-refractivity contribution >= 4 is 0 Å². The van der Waals surface area contributed by atoms with E-state index in [1.807, 2.05) is 6.07 Å². The molecule has 0 fully saturated rings. The lowest BCUT2D eigenvalue weighted by atomic mass is 10.2. The van der Waals surface area contributed by atoms with E-state index < -0.39 is 0 Å². The summed E-state index contributed by atoms with van der Waals surface area (Å²) in [5.74, 6) is 0. The molecule has 0 bridgehead atoms. The van der Waals surface area contributed by atoms with Crippen LogP contribution in [0.5, 0.6) is 0 Å². The third-order valence-corrected chi connectivity index (χ3v) is 1.53. The zero-order chi connectivity index (χ0) is 9.14. The molecule has 0 saturated heterocycles. The normalized spacial score (nSPS) is 9.42. The average molecular weight is 163 g/mol. The Bertz CT molecular complexity index is 386. The highest BCUT2D eigenvalue weighted by Crippen LogP contribution is 1.94. The van der Waals surface area contributed by atoms with E-state index in [1.165, 1.54) is 4.68 Å². The van der Waals surface area contributed by atoms with Crippen LogP contribution in [0.15, 0.2) is 10.9 Å². The average Bonchev–Trinajstić information content (AvgIpc) is 2.00. The van der Waals surface area contributed by atoms with E-state index in [4.69, 9.17) is 5.26 Å². The molecule has 0 spiro atoms. The van der Waals surface area contributed by atoms with Crippen LogP contribution in [-0.2, 0) is 13.5 Å². The molecule has 0 aliphatic carbocycles. The minimum atomic E-state index is -0.192. The fourth-order valence-corrected chi connectivity index (χ4v) is 1.04. The van der Waals surface area contributed by atoms with E-state index >= 15 is 0 Å². The van der Waals surface area contributed by atoms with E-state index in [1.54, 1.807) is 20.0 Å². The van der Waals surface area contributed by atoms with Crippen molar-refractivity contribution in [3.63, 3.8) is 0 Å². The first-order chi connectivity index (χ1) is 5.65. The van der Waals surface area contributed by atoms with E-state index in [-0.39, 0.29) is 12.0 Å². The van der Waals surface area contributed by atoms with Gasteiger partial charge in [-0.05, 0) is 13.0 Å². The van der Waals surface area contributed by atoms with E-state index in [0.29, 0.717) is 5.56 Å². The molecule has 62 valence electrons. The number of rotatable bonds is 1. The molecular weight excluding hydrogens is 154 g/mol. The van der Waals surface area contributed by atoms with Gasteiger partial charge in [-0.2, -0.15) is 10.4 Å². The van der Waals surface area contributed by atoms with Crippen LogP contribution in [0.3, 0.4) is 0 Å².